The van der Waals surface area contributed by atoms with Gasteiger partial charge in [-0.25, -0.2) is 9.69 Å². The van der Waals surface area contributed by atoms with E-state index in [0.29, 0.717) is 15.1 Å². The summed E-state index contributed by atoms with van der Waals surface area (Å²) in [5.41, 5.74) is 0.415. The third kappa shape index (κ3) is 4.43. The van der Waals surface area contributed by atoms with E-state index in [1.54, 1.807) is 6.07 Å². The largest absolute Gasteiger partial charge is 0.476 e. The van der Waals surface area contributed by atoms with Gasteiger partial charge in [0.05, 0.1) is 15.2 Å². The minimum Gasteiger partial charge on any atom is -0.476 e. The average Bonchev–Trinajstić information content (AvgIpc) is 2.66. The fourth-order valence-electron chi connectivity index (χ4n) is 2.55. The van der Waals surface area contributed by atoms with Gasteiger partial charge in [0, 0.05) is 5.02 Å². The number of barbiturate groups is 1. The van der Waals surface area contributed by atoms with Crippen LogP contribution in [0.3, 0.4) is 0 Å². The van der Waals surface area contributed by atoms with E-state index < -0.39 is 17.8 Å². The summed E-state index contributed by atoms with van der Waals surface area (Å²) in [4.78, 5) is 38.1. The smallest absolute Gasteiger partial charge is 0.335 e. The van der Waals surface area contributed by atoms with E-state index in [0.717, 1.165) is 4.90 Å². The average molecular weight is 495 g/mol. The van der Waals surface area contributed by atoms with Crippen LogP contribution < -0.4 is 15.0 Å². The predicted molar refractivity (Wildman–Crippen MR) is 111 cm³/mol. The quantitative estimate of drug-likeness (QED) is 0.503. The highest BCUT2D eigenvalue weighted by Crippen LogP contribution is 2.35. The van der Waals surface area contributed by atoms with Gasteiger partial charge in [-0.2, -0.15) is 5.26 Å². The molecule has 0 atom stereocenters. The van der Waals surface area contributed by atoms with Crippen LogP contribution in [0, 0.1) is 11.3 Å². The van der Waals surface area contributed by atoms with E-state index in [1.165, 1.54) is 36.4 Å². The second-order valence-corrected chi connectivity index (χ2v) is 7.39. The van der Waals surface area contributed by atoms with Gasteiger partial charge in [0.2, 0.25) is 0 Å². The zero-order valence-electron chi connectivity index (χ0n) is 14.4. The Hall–Kier alpha value is -2.86. The maximum Gasteiger partial charge on any atom is 0.335 e. The summed E-state index contributed by atoms with van der Waals surface area (Å²) in [5.74, 6) is -1.37. The van der Waals surface area contributed by atoms with E-state index in [2.05, 4.69) is 21.2 Å². The molecule has 0 spiro atoms. The lowest BCUT2D eigenvalue weighted by molar-refractivity contribution is -0.122. The fourth-order valence-corrected chi connectivity index (χ4v) is 3.67. The zero-order chi connectivity index (χ0) is 21.1. The molecule has 3 rings (SSSR count). The van der Waals surface area contributed by atoms with Gasteiger partial charge in [-0.05, 0) is 64.0 Å². The fraction of sp³-hybridized carbons (Fsp3) is 0.0526. The molecule has 0 saturated carbocycles. The Morgan fingerprint density at radius 3 is 2.48 bits per heavy atom. The lowest BCUT2D eigenvalue weighted by Crippen LogP contribution is -2.54. The van der Waals surface area contributed by atoms with Crippen molar-refractivity contribution in [2.45, 2.75) is 0 Å². The zero-order valence-corrected chi connectivity index (χ0v) is 17.5. The van der Waals surface area contributed by atoms with Crippen molar-refractivity contribution in [3.05, 3.63) is 62.1 Å². The number of urea groups is 1. The topological polar surface area (TPSA) is 99.5 Å². The van der Waals surface area contributed by atoms with Gasteiger partial charge in [-0.1, -0.05) is 23.2 Å². The Morgan fingerprint density at radius 1 is 1.17 bits per heavy atom. The second kappa shape index (κ2) is 8.66. The Bertz CT molecular complexity index is 1070. The first-order valence-electron chi connectivity index (χ1n) is 7.97. The number of nitrogens with zero attached hydrogens (tertiary/aromatic N) is 2. The van der Waals surface area contributed by atoms with Crippen molar-refractivity contribution in [3.8, 4) is 11.8 Å². The van der Waals surface area contributed by atoms with Gasteiger partial charge in [0.15, 0.2) is 12.4 Å². The molecule has 4 amide bonds. The molecule has 1 heterocycles. The van der Waals surface area contributed by atoms with Crippen molar-refractivity contribution in [2.24, 2.45) is 0 Å². The van der Waals surface area contributed by atoms with E-state index >= 15 is 0 Å². The molecule has 2 aromatic carbocycles. The normalized spacial score (nSPS) is 15.3. The van der Waals surface area contributed by atoms with Gasteiger partial charge in [0.25, 0.3) is 11.8 Å². The number of nitrogens with one attached hydrogen (secondary N) is 1. The highest BCUT2D eigenvalue weighted by molar-refractivity contribution is 9.10. The monoisotopic (exact) mass is 493 g/mol. The third-order valence-corrected chi connectivity index (χ3v) is 4.92. The second-order valence-electron chi connectivity index (χ2n) is 5.69. The van der Waals surface area contributed by atoms with E-state index in [4.69, 9.17) is 33.2 Å². The minimum absolute atomic E-state index is 0.177. The third-order valence-electron chi connectivity index (χ3n) is 3.80. The van der Waals surface area contributed by atoms with Crippen molar-refractivity contribution in [3.63, 3.8) is 0 Å². The van der Waals surface area contributed by atoms with Crippen LogP contribution in [0.5, 0.6) is 5.75 Å². The maximum absolute atomic E-state index is 12.9. The van der Waals surface area contributed by atoms with Crippen molar-refractivity contribution in [1.29, 1.82) is 5.26 Å². The number of anilines is 1. The Kier molecular flexibility index (Phi) is 6.23. The number of hydrogen-bond acceptors (Lipinski definition) is 5. The van der Waals surface area contributed by atoms with Crippen LogP contribution in [-0.2, 0) is 9.59 Å². The van der Waals surface area contributed by atoms with Crippen LogP contribution in [0.15, 0.2) is 46.4 Å². The lowest BCUT2D eigenvalue weighted by atomic mass is 10.1. The van der Waals surface area contributed by atoms with Crippen LogP contribution in [0.25, 0.3) is 6.08 Å². The Labute approximate surface area is 183 Å². The summed E-state index contributed by atoms with van der Waals surface area (Å²) in [5, 5.41) is 11.4. The van der Waals surface area contributed by atoms with Gasteiger partial charge in [-0.15, -0.1) is 0 Å². The molecule has 1 fully saturated rings. The van der Waals surface area contributed by atoms with Gasteiger partial charge >= 0.3 is 6.03 Å². The number of halogens is 3. The van der Waals surface area contributed by atoms with Crippen LogP contribution in [0.4, 0.5) is 10.5 Å². The number of benzene rings is 2. The molecule has 0 aliphatic carbocycles. The van der Waals surface area contributed by atoms with Crippen LogP contribution >= 0.6 is 39.1 Å². The van der Waals surface area contributed by atoms with Crippen molar-refractivity contribution in [1.82, 2.24) is 5.32 Å². The van der Waals surface area contributed by atoms with Crippen molar-refractivity contribution in [2.75, 3.05) is 11.5 Å². The first-order chi connectivity index (χ1) is 13.8. The maximum atomic E-state index is 12.9. The molecule has 29 heavy (non-hydrogen) atoms. The molecule has 2 aromatic rings. The number of carbonyl (C=O) groups excluding carboxylic acids is 3. The minimum atomic E-state index is -0.862. The Balaban J connectivity index is 1.98. The standard InChI is InChI=1S/C19H10BrCl2N3O4/c20-14-8-10(9-15(22)16(14)29-6-5-23)7-13-17(26)24-19(28)25(18(13)27)12-3-1-11(21)2-4-12/h1-4,7-9H,6H2,(H,24,26,28)/b13-7+. The molecule has 0 bridgehead atoms. The summed E-state index contributed by atoms with van der Waals surface area (Å²) >= 11 is 15.3. The first kappa shape index (κ1) is 20.9. The van der Waals surface area contributed by atoms with E-state index in [9.17, 15) is 14.4 Å². The van der Waals surface area contributed by atoms with Crippen LogP contribution in [0.2, 0.25) is 10.0 Å². The van der Waals surface area contributed by atoms with Crippen molar-refractivity contribution < 1.29 is 19.1 Å². The number of nitriles is 1. The number of imide groups is 2. The SMILES string of the molecule is N#CCOc1c(Cl)cc(/C=C2\C(=O)NC(=O)N(c3ccc(Cl)cc3)C2=O)cc1Br. The highest BCUT2D eigenvalue weighted by atomic mass is 79.9. The summed E-state index contributed by atoms with van der Waals surface area (Å²) in [6.07, 6.45) is 1.30. The molecular weight excluding hydrogens is 485 g/mol. The molecule has 0 radical (unpaired) electrons. The van der Waals surface area contributed by atoms with Gasteiger partial charge in [-0.3, -0.25) is 14.9 Å². The molecule has 1 saturated heterocycles. The molecule has 7 nitrogen and oxygen atoms in total. The highest BCUT2D eigenvalue weighted by Gasteiger charge is 2.36. The van der Waals surface area contributed by atoms with Crippen molar-refractivity contribution >= 4 is 68.7 Å². The predicted octanol–water partition coefficient (Wildman–Crippen LogP) is 4.32. The number of hydrogen-bond donors (Lipinski definition) is 1. The number of amides is 4. The molecule has 0 aromatic heterocycles. The molecule has 1 aliphatic heterocycles. The molecule has 146 valence electrons. The summed E-state index contributed by atoms with van der Waals surface area (Å²) in [6, 6.07) is 10.0. The lowest BCUT2D eigenvalue weighted by Gasteiger charge is -2.26. The molecule has 1 N–H and O–H groups in total. The van der Waals surface area contributed by atoms with E-state index in [1.807, 2.05) is 6.07 Å². The number of ether oxygens (including phenoxy) is 1. The summed E-state index contributed by atoms with van der Waals surface area (Å²) in [6.45, 7) is -0.197. The van der Waals surface area contributed by atoms with Gasteiger partial charge in [0.1, 0.15) is 11.6 Å². The van der Waals surface area contributed by atoms with Gasteiger partial charge < -0.3 is 4.74 Å². The number of rotatable bonds is 4. The molecule has 1 aliphatic rings. The van der Waals surface area contributed by atoms with E-state index in [-0.39, 0.29) is 28.6 Å². The Morgan fingerprint density at radius 2 is 1.86 bits per heavy atom. The summed E-state index contributed by atoms with van der Waals surface area (Å²) in [7, 11) is 0. The molecular formula is C19H10BrCl2N3O4. The molecule has 10 heteroatoms. The summed E-state index contributed by atoms with van der Waals surface area (Å²) < 4.78 is 5.66. The first-order valence-corrected chi connectivity index (χ1v) is 9.52. The van der Waals surface area contributed by atoms with Crippen LogP contribution in [-0.4, -0.2) is 24.5 Å². The number of carbonyl (C=O) groups is 3. The molecule has 0 unspecified atom stereocenters. The van der Waals surface area contributed by atoms with Crippen LogP contribution in [0.1, 0.15) is 5.56 Å².